The molecule has 1 N–H and O–H groups in total. The summed E-state index contributed by atoms with van der Waals surface area (Å²) in [7, 11) is 0. The smallest absolute Gasteiger partial charge is 0.263 e. The first-order valence-corrected chi connectivity index (χ1v) is 9.69. The van der Waals surface area contributed by atoms with Crippen LogP contribution in [0.15, 0.2) is 58.9 Å². The van der Waals surface area contributed by atoms with Gasteiger partial charge in [-0.25, -0.2) is 4.90 Å². The summed E-state index contributed by atoms with van der Waals surface area (Å²) in [5.74, 6) is -0.648. The third kappa shape index (κ3) is 3.71. The largest absolute Gasteiger partial charge is 0.494 e. The zero-order valence-corrected chi connectivity index (χ0v) is 16.7. The van der Waals surface area contributed by atoms with Gasteiger partial charge in [-0.15, -0.1) is 0 Å². The van der Waals surface area contributed by atoms with Crippen molar-refractivity contribution in [3.63, 3.8) is 0 Å². The van der Waals surface area contributed by atoms with Gasteiger partial charge in [-0.1, -0.05) is 16.8 Å². The van der Waals surface area contributed by atoms with Crippen molar-refractivity contribution in [3.8, 4) is 5.75 Å². The van der Waals surface area contributed by atoms with Crippen molar-refractivity contribution < 1.29 is 19.1 Å². The molecule has 30 heavy (non-hydrogen) atoms. The van der Waals surface area contributed by atoms with Crippen LogP contribution >= 0.6 is 11.6 Å². The first-order chi connectivity index (χ1) is 14.5. The molecule has 0 saturated carbocycles. The van der Waals surface area contributed by atoms with Gasteiger partial charge < -0.3 is 10.1 Å². The van der Waals surface area contributed by atoms with Crippen LogP contribution in [0.2, 0.25) is 5.02 Å². The molecule has 1 fully saturated rings. The number of benzene rings is 2. The van der Waals surface area contributed by atoms with Gasteiger partial charge in [0.1, 0.15) is 12.3 Å². The molecule has 2 aliphatic heterocycles. The lowest BCUT2D eigenvalue weighted by Gasteiger charge is -2.20. The lowest BCUT2D eigenvalue weighted by molar-refractivity contribution is -0.123. The summed E-state index contributed by atoms with van der Waals surface area (Å²) < 4.78 is 5.37. The molecule has 2 aliphatic rings. The Bertz CT molecular complexity index is 1010. The van der Waals surface area contributed by atoms with E-state index in [1.165, 1.54) is 5.01 Å². The van der Waals surface area contributed by atoms with E-state index in [4.69, 9.17) is 16.3 Å². The van der Waals surface area contributed by atoms with E-state index in [-0.39, 0.29) is 12.5 Å². The number of halogens is 1. The van der Waals surface area contributed by atoms with E-state index in [0.717, 1.165) is 4.90 Å². The SMILES string of the molecule is CCOc1ccc(NC(=O)CN2N=NC3C(=O)N(c4ccc(Cl)cc4)C(=O)C32)cc1. The Morgan fingerprint density at radius 1 is 1.10 bits per heavy atom. The predicted octanol–water partition coefficient (Wildman–Crippen LogP) is 2.67. The van der Waals surface area contributed by atoms with Gasteiger partial charge in [0.25, 0.3) is 11.8 Å². The van der Waals surface area contributed by atoms with Crippen molar-refractivity contribution in [2.24, 2.45) is 10.3 Å². The van der Waals surface area contributed by atoms with Crippen molar-refractivity contribution in [1.29, 1.82) is 0 Å². The second kappa shape index (κ2) is 8.11. The molecule has 0 aromatic heterocycles. The van der Waals surface area contributed by atoms with Crippen molar-refractivity contribution >= 4 is 40.7 Å². The number of ether oxygens (including phenoxy) is 1. The van der Waals surface area contributed by atoms with Gasteiger partial charge >= 0.3 is 0 Å². The van der Waals surface area contributed by atoms with Gasteiger partial charge in [0, 0.05) is 10.7 Å². The lowest BCUT2D eigenvalue weighted by Crippen LogP contribution is -2.43. The Balaban J connectivity index is 1.43. The molecule has 2 unspecified atom stereocenters. The zero-order chi connectivity index (χ0) is 21.3. The highest BCUT2D eigenvalue weighted by Gasteiger charge is 2.55. The highest BCUT2D eigenvalue weighted by molar-refractivity contribution is 6.31. The maximum Gasteiger partial charge on any atom is 0.263 e. The standard InChI is InChI=1S/C20H18ClN5O4/c1-2-30-15-9-5-13(6-10-15)22-16(27)11-25-18-17(23-24-25)19(28)26(20(18)29)14-7-3-12(21)4-8-14/h3-10,17-18H,2,11H2,1H3,(H,22,27). The van der Waals surface area contributed by atoms with E-state index in [1.54, 1.807) is 48.5 Å². The highest BCUT2D eigenvalue weighted by atomic mass is 35.5. The predicted molar refractivity (Wildman–Crippen MR) is 109 cm³/mol. The van der Waals surface area contributed by atoms with Crippen LogP contribution in [0.5, 0.6) is 5.75 Å². The van der Waals surface area contributed by atoms with Crippen LogP contribution in [0, 0.1) is 0 Å². The highest BCUT2D eigenvalue weighted by Crippen LogP contribution is 2.32. The van der Waals surface area contributed by atoms with Crippen LogP contribution in [0.4, 0.5) is 11.4 Å². The fourth-order valence-electron chi connectivity index (χ4n) is 3.35. The lowest BCUT2D eigenvalue weighted by atomic mass is 10.1. The molecule has 0 spiro atoms. The molecule has 1 saturated heterocycles. The molecule has 2 atom stereocenters. The van der Waals surface area contributed by atoms with Crippen LogP contribution < -0.4 is 15.0 Å². The molecule has 0 aliphatic carbocycles. The monoisotopic (exact) mass is 427 g/mol. The van der Waals surface area contributed by atoms with E-state index in [1.807, 2.05) is 6.92 Å². The second-order valence-corrected chi connectivity index (χ2v) is 7.12. The van der Waals surface area contributed by atoms with Crippen molar-refractivity contribution in [2.75, 3.05) is 23.4 Å². The number of rotatable bonds is 6. The number of imide groups is 1. The number of anilines is 2. The average molecular weight is 428 g/mol. The number of nitrogens with zero attached hydrogens (tertiary/aromatic N) is 4. The van der Waals surface area contributed by atoms with Crippen LogP contribution in [-0.2, 0) is 14.4 Å². The Kier molecular flexibility index (Phi) is 5.37. The minimum absolute atomic E-state index is 0.217. The molecule has 2 aromatic carbocycles. The number of hydrogen-bond donors (Lipinski definition) is 1. The summed E-state index contributed by atoms with van der Waals surface area (Å²) in [5.41, 5.74) is 0.977. The number of hydrogen-bond acceptors (Lipinski definition) is 7. The van der Waals surface area contributed by atoms with Gasteiger partial charge in [0.05, 0.1) is 12.3 Å². The molecule has 4 rings (SSSR count). The van der Waals surface area contributed by atoms with Crippen LogP contribution in [0.3, 0.4) is 0 Å². The minimum Gasteiger partial charge on any atom is -0.494 e. The number of fused-ring (bicyclic) bond motifs is 1. The van der Waals surface area contributed by atoms with Crippen molar-refractivity contribution in [3.05, 3.63) is 53.6 Å². The maximum absolute atomic E-state index is 12.9. The third-order valence-electron chi connectivity index (χ3n) is 4.70. The van der Waals surface area contributed by atoms with Crippen molar-refractivity contribution in [1.82, 2.24) is 5.01 Å². The minimum atomic E-state index is -0.966. The molecule has 10 heteroatoms. The second-order valence-electron chi connectivity index (χ2n) is 6.69. The van der Waals surface area contributed by atoms with Crippen molar-refractivity contribution in [2.45, 2.75) is 19.0 Å². The molecule has 2 aromatic rings. The number of amides is 3. The fraction of sp³-hybridized carbons (Fsp3) is 0.250. The average Bonchev–Trinajstić information content (AvgIpc) is 3.24. The summed E-state index contributed by atoms with van der Waals surface area (Å²) in [6.07, 6.45) is 0. The molecule has 154 valence electrons. The Hall–Kier alpha value is -3.46. The Labute approximate surface area is 177 Å². The van der Waals surface area contributed by atoms with Gasteiger partial charge in [0.2, 0.25) is 5.91 Å². The molecule has 0 bridgehead atoms. The summed E-state index contributed by atoms with van der Waals surface area (Å²) in [4.78, 5) is 39.1. The summed E-state index contributed by atoms with van der Waals surface area (Å²) in [5, 5.41) is 12.2. The van der Waals surface area contributed by atoms with Crippen LogP contribution in [-0.4, -0.2) is 48.0 Å². The molecular formula is C20H18ClN5O4. The fourth-order valence-corrected chi connectivity index (χ4v) is 3.47. The van der Waals surface area contributed by atoms with E-state index in [2.05, 4.69) is 15.7 Å². The van der Waals surface area contributed by atoms with Gasteiger partial charge in [0.15, 0.2) is 12.1 Å². The van der Waals surface area contributed by atoms with E-state index in [0.29, 0.717) is 28.8 Å². The topological polar surface area (TPSA) is 104 Å². The molecular weight excluding hydrogens is 410 g/mol. The number of carbonyl (C=O) groups is 3. The van der Waals surface area contributed by atoms with Crippen LogP contribution in [0.25, 0.3) is 0 Å². The molecule has 0 radical (unpaired) electrons. The van der Waals surface area contributed by atoms with Gasteiger partial charge in [-0.3, -0.25) is 19.4 Å². The molecule has 2 heterocycles. The molecule has 9 nitrogen and oxygen atoms in total. The first-order valence-electron chi connectivity index (χ1n) is 9.31. The van der Waals surface area contributed by atoms with E-state index >= 15 is 0 Å². The summed E-state index contributed by atoms with van der Waals surface area (Å²) in [6.45, 7) is 2.22. The van der Waals surface area contributed by atoms with E-state index in [9.17, 15) is 14.4 Å². The Morgan fingerprint density at radius 3 is 2.47 bits per heavy atom. The van der Waals surface area contributed by atoms with E-state index < -0.39 is 23.9 Å². The maximum atomic E-state index is 12.9. The summed E-state index contributed by atoms with van der Waals surface area (Å²) in [6, 6.07) is 11.4. The Morgan fingerprint density at radius 2 is 1.80 bits per heavy atom. The first kappa shape index (κ1) is 19.8. The van der Waals surface area contributed by atoms with Gasteiger partial charge in [-0.2, -0.15) is 5.11 Å². The number of carbonyl (C=O) groups excluding carboxylic acids is 3. The number of nitrogens with one attached hydrogen (secondary N) is 1. The summed E-state index contributed by atoms with van der Waals surface area (Å²) >= 11 is 5.88. The normalized spacial score (nSPS) is 19.9. The zero-order valence-electron chi connectivity index (χ0n) is 16.0. The third-order valence-corrected chi connectivity index (χ3v) is 4.95. The van der Waals surface area contributed by atoms with Crippen LogP contribution in [0.1, 0.15) is 6.92 Å². The van der Waals surface area contributed by atoms with Gasteiger partial charge in [-0.05, 0) is 55.5 Å². The quantitative estimate of drug-likeness (QED) is 0.714. The molecule has 3 amide bonds.